The number of ether oxygens (including phenoxy) is 2. The normalized spacial score (nSPS) is 11.0. The van der Waals surface area contributed by atoms with Crippen LogP contribution in [0, 0.1) is 6.92 Å². The van der Waals surface area contributed by atoms with E-state index in [1.165, 1.54) is 38.5 Å². The van der Waals surface area contributed by atoms with Crippen molar-refractivity contribution in [2.45, 2.75) is 85.0 Å². The van der Waals surface area contributed by atoms with Crippen molar-refractivity contribution >= 4 is 16.7 Å². The molecule has 0 radical (unpaired) electrons. The topological polar surface area (TPSA) is 55.8 Å². The molecule has 0 saturated heterocycles. The Morgan fingerprint density at radius 1 is 0.867 bits per heavy atom. The lowest BCUT2D eigenvalue weighted by atomic mass is 10.00. The zero-order valence-corrected chi connectivity index (χ0v) is 19.0. The number of unbranched alkanes of at least 4 members (excludes halogenated alkanes) is 8. The van der Waals surface area contributed by atoms with Crippen molar-refractivity contribution in [3.05, 3.63) is 35.4 Å². The van der Waals surface area contributed by atoms with Gasteiger partial charge in [0, 0.05) is 10.8 Å². The third-order valence-corrected chi connectivity index (χ3v) is 5.51. The molecule has 2 rings (SSSR count). The molecule has 4 nitrogen and oxygen atoms in total. The Balaban J connectivity index is 2.21. The zero-order valence-electron chi connectivity index (χ0n) is 19.0. The van der Waals surface area contributed by atoms with Crippen LogP contribution in [0.4, 0.5) is 0 Å². The van der Waals surface area contributed by atoms with Crippen LogP contribution < -0.4 is 9.47 Å². The minimum Gasteiger partial charge on any atom is -0.493 e. The minimum atomic E-state index is -0.979. The average Bonchev–Trinajstić information content (AvgIpc) is 2.73. The van der Waals surface area contributed by atoms with Crippen molar-refractivity contribution in [3.63, 3.8) is 0 Å². The van der Waals surface area contributed by atoms with E-state index in [0.29, 0.717) is 24.7 Å². The van der Waals surface area contributed by atoms with Crippen molar-refractivity contribution < 1.29 is 19.4 Å². The summed E-state index contributed by atoms with van der Waals surface area (Å²) < 4.78 is 12.1. The second kappa shape index (κ2) is 13.1. The summed E-state index contributed by atoms with van der Waals surface area (Å²) in [5.74, 6) is 0.130. The highest BCUT2D eigenvalue weighted by molar-refractivity contribution is 6.04. The summed E-state index contributed by atoms with van der Waals surface area (Å²) in [4.78, 5) is 12.0. The van der Waals surface area contributed by atoms with E-state index in [1.54, 1.807) is 6.07 Å². The van der Waals surface area contributed by atoms with Crippen molar-refractivity contribution in [2.24, 2.45) is 0 Å². The van der Waals surface area contributed by atoms with Crippen molar-refractivity contribution in [1.82, 2.24) is 0 Å². The predicted octanol–water partition coefficient (Wildman–Crippen LogP) is 7.54. The summed E-state index contributed by atoms with van der Waals surface area (Å²) in [6.45, 7) is 7.56. The summed E-state index contributed by atoms with van der Waals surface area (Å²) in [5.41, 5.74) is 1.25. The maximum absolute atomic E-state index is 12.0. The Kier molecular flexibility index (Phi) is 10.5. The van der Waals surface area contributed by atoms with Gasteiger partial charge in [0.1, 0.15) is 17.1 Å². The largest absolute Gasteiger partial charge is 0.493 e. The lowest BCUT2D eigenvalue weighted by Gasteiger charge is -2.17. The quantitative estimate of drug-likeness (QED) is 0.306. The first-order valence-electron chi connectivity index (χ1n) is 11.6. The van der Waals surface area contributed by atoms with Gasteiger partial charge in [-0.2, -0.15) is 0 Å². The molecular weight excluding hydrogens is 376 g/mol. The molecule has 0 saturated carbocycles. The van der Waals surface area contributed by atoms with E-state index < -0.39 is 5.97 Å². The molecule has 0 aliphatic rings. The van der Waals surface area contributed by atoms with Gasteiger partial charge in [-0.3, -0.25) is 0 Å². The fourth-order valence-corrected chi connectivity index (χ4v) is 3.79. The van der Waals surface area contributed by atoms with E-state index in [9.17, 15) is 9.90 Å². The number of aryl methyl sites for hydroxylation is 1. The molecule has 0 spiro atoms. The van der Waals surface area contributed by atoms with E-state index in [2.05, 4.69) is 13.8 Å². The van der Waals surface area contributed by atoms with Gasteiger partial charge in [-0.15, -0.1) is 0 Å². The van der Waals surface area contributed by atoms with Gasteiger partial charge in [0.2, 0.25) is 0 Å². The minimum absolute atomic E-state index is 0.183. The maximum Gasteiger partial charge on any atom is 0.339 e. The van der Waals surface area contributed by atoms with Gasteiger partial charge in [0.05, 0.1) is 13.2 Å². The molecule has 0 bridgehead atoms. The summed E-state index contributed by atoms with van der Waals surface area (Å²) >= 11 is 0. The van der Waals surface area contributed by atoms with Crippen LogP contribution in [0.25, 0.3) is 10.8 Å². The zero-order chi connectivity index (χ0) is 21.8. The fraction of sp³-hybridized carbons (Fsp3) is 0.577. The molecule has 0 aliphatic heterocycles. The molecule has 4 heteroatoms. The number of hydrogen-bond donors (Lipinski definition) is 1. The second-order valence-electron chi connectivity index (χ2n) is 8.08. The molecule has 2 aromatic carbocycles. The number of carbonyl (C=O) groups is 1. The Morgan fingerprint density at radius 3 is 2.07 bits per heavy atom. The predicted molar refractivity (Wildman–Crippen MR) is 124 cm³/mol. The number of aromatic carboxylic acids is 1. The van der Waals surface area contributed by atoms with Crippen LogP contribution in [0.5, 0.6) is 11.5 Å². The number of hydrogen-bond acceptors (Lipinski definition) is 3. The first-order chi connectivity index (χ1) is 14.6. The molecule has 2 aromatic rings. The molecule has 0 atom stereocenters. The number of fused-ring (bicyclic) bond motifs is 1. The monoisotopic (exact) mass is 414 g/mol. The molecule has 0 aliphatic carbocycles. The molecule has 0 fully saturated rings. The Labute approximate surface area is 181 Å². The van der Waals surface area contributed by atoms with Gasteiger partial charge in [-0.25, -0.2) is 4.79 Å². The Morgan fingerprint density at radius 2 is 1.47 bits per heavy atom. The SMILES string of the molecule is CCCCCCCOc1c(C(=O)O)cc(OCCCCCCC)c2c(C)cccc12. The van der Waals surface area contributed by atoms with E-state index in [-0.39, 0.29) is 5.56 Å². The fourth-order valence-electron chi connectivity index (χ4n) is 3.79. The van der Waals surface area contributed by atoms with Gasteiger partial charge in [-0.05, 0) is 31.4 Å². The number of carboxylic acids is 1. The Hall–Kier alpha value is -2.23. The van der Waals surface area contributed by atoms with Crippen LogP contribution in [0.3, 0.4) is 0 Å². The number of carboxylic acid groups (broad SMARTS) is 1. The van der Waals surface area contributed by atoms with Gasteiger partial charge >= 0.3 is 5.97 Å². The van der Waals surface area contributed by atoms with Crippen LogP contribution >= 0.6 is 0 Å². The van der Waals surface area contributed by atoms with E-state index >= 15 is 0 Å². The smallest absolute Gasteiger partial charge is 0.339 e. The van der Waals surface area contributed by atoms with Crippen LogP contribution in [-0.4, -0.2) is 24.3 Å². The average molecular weight is 415 g/mol. The summed E-state index contributed by atoms with van der Waals surface area (Å²) in [6.07, 6.45) is 11.4. The number of rotatable bonds is 15. The molecule has 30 heavy (non-hydrogen) atoms. The molecule has 0 amide bonds. The van der Waals surface area contributed by atoms with E-state index in [1.807, 2.05) is 25.1 Å². The second-order valence-corrected chi connectivity index (χ2v) is 8.08. The highest BCUT2D eigenvalue weighted by atomic mass is 16.5. The lowest BCUT2D eigenvalue weighted by Crippen LogP contribution is -2.07. The van der Waals surface area contributed by atoms with Gasteiger partial charge in [0.25, 0.3) is 0 Å². The van der Waals surface area contributed by atoms with Crippen LogP contribution in [-0.2, 0) is 0 Å². The third-order valence-electron chi connectivity index (χ3n) is 5.51. The summed E-state index contributed by atoms with van der Waals surface area (Å²) in [7, 11) is 0. The van der Waals surface area contributed by atoms with Gasteiger partial charge in [-0.1, -0.05) is 83.4 Å². The highest BCUT2D eigenvalue weighted by Crippen LogP contribution is 2.39. The lowest BCUT2D eigenvalue weighted by molar-refractivity contribution is 0.0692. The first-order valence-corrected chi connectivity index (χ1v) is 11.6. The molecular formula is C26H38O4. The summed E-state index contributed by atoms with van der Waals surface area (Å²) in [6, 6.07) is 7.57. The van der Waals surface area contributed by atoms with Crippen LogP contribution in [0.15, 0.2) is 24.3 Å². The number of benzene rings is 2. The maximum atomic E-state index is 12.0. The van der Waals surface area contributed by atoms with Crippen molar-refractivity contribution in [1.29, 1.82) is 0 Å². The molecule has 0 heterocycles. The third kappa shape index (κ3) is 6.93. The van der Waals surface area contributed by atoms with E-state index in [0.717, 1.165) is 42.0 Å². The van der Waals surface area contributed by atoms with Gasteiger partial charge in [0.15, 0.2) is 0 Å². The summed E-state index contributed by atoms with van der Waals surface area (Å²) in [5, 5.41) is 11.6. The van der Waals surface area contributed by atoms with Gasteiger partial charge < -0.3 is 14.6 Å². The molecule has 1 N–H and O–H groups in total. The molecule has 166 valence electrons. The Bertz CT molecular complexity index is 797. The highest BCUT2D eigenvalue weighted by Gasteiger charge is 2.20. The van der Waals surface area contributed by atoms with Crippen LogP contribution in [0.2, 0.25) is 0 Å². The molecule has 0 aromatic heterocycles. The standard InChI is InChI=1S/C26H38O4/c1-4-6-8-10-12-17-29-23-19-22(26(27)28)25(30-18-13-11-9-7-5-2)21-16-14-15-20(3)24(21)23/h14-16,19H,4-13,17-18H2,1-3H3,(H,27,28). The van der Waals surface area contributed by atoms with E-state index in [4.69, 9.17) is 9.47 Å². The van der Waals surface area contributed by atoms with Crippen LogP contribution in [0.1, 0.15) is 94.0 Å². The van der Waals surface area contributed by atoms with Crippen molar-refractivity contribution in [3.8, 4) is 11.5 Å². The first kappa shape index (κ1) is 24.0. The molecule has 0 unspecified atom stereocenters. The van der Waals surface area contributed by atoms with Crippen molar-refractivity contribution in [2.75, 3.05) is 13.2 Å².